The van der Waals surface area contributed by atoms with Crippen LogP contribution in [0.2, 0.25) is 0 Å². The number of amides is 1. The summed E-state index contributed by atoms with van der Waals surface area (Å²) in [5, 5.41) is 0. The Kier molecular flexibility index (Phi) is 4.14. The minimum atomic E-state index is -0.378. The summed E-state index contributed by atoms with van der Waals surface area (Å²) < 4.78 is 0. The van der Waals surface area contributed by atoms with E-state index in [4.69, 9.17) is 0 Å². The van der Waals surface area contributed by atoms with Gasteiger partial charge in [-0.15, -0.1) is 0 Å². The molecule has 1 amide bonds. The first kappa shape index (κ1) is 15.0. The molecule has 1 N–H and O–H groups in total. The molecule has 2 aliphatic rings. The number of Topliss-reactive ketones (excluding diaryl/α,β-unsaturated/α-hetero) is 1. The molecule has 1 aromatic heterocycles. The molecule has 5 nitrogen and oxygen atoms in total. The number of fused-ring (bicyclic) bond motifs is 1. The van der Waals surface area contributed by atoms with E-state index in [1.807, 2.05) is 0 Å². The van der Waals surface area contributed by atoms with Gasteiger partial charge in [-0.05, 0) is 37.7 Å². The normalized spacial score (nSPS) is 18.3. The van der Waals surface area contributed by atoms with Crippen molar-refractivity contribution in [2.75, 3.05) is 13.6 Å². The first-order valence-electron chi connectivity index (χ1n) is 8.11. The fraction of sp³-hybridized carbons (Fsp3) is 0.588. The standard InChI is InChI=1S/C17H22N2O3/c1-19(10-11-5-2-3-6-11)17(22)13-9-12-14(18-16(13)21)7-4-8-15(12)20/h9,11H,2-8,10H2,1H3,(H,18,21). The minimum Gasteiger partial charge on any atom is -0.341 e. The van der Waals surface area contributed by atoms with E-state index in [2.05, 4.69) is 4.98 Å². The quantitative estimate of drug-likeness (QED) is 0.930. The monoisotopic (exact) mass is 302 g/mol. The molecule has 1 fully saturated rings. The van der Waals surface area contributed by atoms with E-state index in [9.17, 15) is 14.4 Å². The maximum absolute atomic E-state index is 12.5. The zero-order chi connectivity index (χ0) is 15.7. The van der Waals surface area contributed by atoms with Gasteiger partial charge >= 0.3 is 0 Å². The molecule has 0 aromatic carbocycles. The van der Waals surface area contributed by atoms with E-state index < -0.39 is 0 Å². The Bertz CT molecular complexity index is 656. The lowest BCUT2D eigenvalue weighted by Gasteiger charge is -2.22. The molecule has 1 saturated carbocycles. The third-order valence-electron chi connectivity index (χ3n) is 4.84. The van der Waals surface area contributed by atoms with Gasteiger partial charge in [0.15, 0.2) is 5.78 Å². The number of ketones is 1. The van der Waals surface area contributed by atoms with Crippen molar-refractivity contribution in [2.45, 2.75) is 44.9 Å². The number of rotatable bonds is 3. The lowest BCUT2D eigenvalue weighted by molar-refractivity contribution is 0.0771. The van der Waals surface area contributed by atoms with Crippen LogP contribution in [0.15, 0.2) is 10.9 Å². The van der Waals surface area contributed by atoms with Gasteiger partial charge in [-0.2, -0.15) is 0 Å². The second-order valence-corrected chi connectivity index (χ2v) is 6.52. The second-order valence-electron chi connectivity index (χ2n) is 6.52. The van der Waals surface area contributed by atoms with E-state index >= 15 is 0 Å². The summed E-state index contributed by atoms with van der Waals surface area (Å²) in [6, 6.07) is 1.50. The Hall–Kier alpha value is -1.91. The Morgan fingerprint density at radius 2 is 1.95 bits per heavy atom. The van der Waals surface area contributed by atoms with Gasteiger partial charge in [0, 0.05) is 31.3 Å². The fourth-order valence-electron chi connectivity index (χ4n) is 3.60. The molecule has 0 unspecified atom stereocenters. The van der Waals surface area contributed by atoms with Crippen molar-refractivity contribution in [1.29, 1.82) is 0 Å². The minimum absolute atomic E-state index is 0.0185. The second kappa shape index (κ2) is 6.07. The summed E-state index contributed by atoms with van der Waals surface area (Å²) >= 11 is 0. The molecule has 0 saturated heterocycles. The Morgan fingerprint density at radius 3 is 2.68 bits per heavy atom. The molecule has 0 spiro atoms. The largest absolute Gasteiger partial charge is 0.341 e. The van der Waals surface area contributed by atoms with Crippen molar-refractivity contribution in [3.63, 3.8) is 0 Å². The van der Waals surface area contributed by atoms with Crippen molar-refractivity contribution in [3.05, 3.63) is 33.2 Å². The summed E-state index contributed by atoms with van der Waals surface area (Å²) in [5.74, 6) is 0.270. The number of H-pyrrole nitrogens is 1. The van der Waals surface area contributed by atoms with E-state index in [0.717, 1.165) is 19.3 Å². The van der Waals surface area contributed by atoms with Crippen LogP contribution in [-0.2, 0) is 6.42 Å². The number of nitrogens with zero attached hydrogens (tertiary/aromatic N) is 1. The molecule has 0 bridgehead atoms. The molecule has 22 heavy (non-hydrogen) atoms. The van der Waals surface area contributed by atoms with Gasteiger partial charge in [-0.1, -0.05) is 12.8 Å². The molecular weight excluding hydrogens is 280 g/mol. The molecule has 2 aliphatic carbocycles. The maximum atomic E-state index is 12.5. The first-order valence-corrected chi connectivity index (χ1v) is 8.11. The highest BCUT2D eigenvalue weighted by atomic mass is 16.2. The van der Waals surface area contributed by atoms with E-state index in [-0.39, 0.29) is 22.8 Å². The lowest BCUT2D eigenvalue weighted by Crippen LogP contribution is -2.35. The van der Waals surface area contributed by atoms with Crippen LogP contribution in [-0.4, -0.2) is 35.2 Å². The van der Waals surface area contributed by atoms with Crippen molar-refractivity contribution in [1.82, 2.24) is 9.88 Å². The van der Waals surface area contributed by atoms with Crippen LogP contribution in [0.5, 0.6) is 0 Å². The number of aromatic amines is 1. The van der Waals surface area contributed by atoms with Crippen molar-refractivity contribution < 1.29 is 9.59 Å². The number of pyridine rings is 1. The van der Waals surface area contributed by atoms with Crippen LogP contribution in [0, 0.1) is 5.92 Å². The molecule has 0 aliphatic heterocycles. The first-order chi connectivity index (χ1) is 10.6. The number of nitrogens with one attached hydrogen (secondary N) is 1. The molecular formula is C17H22N2O3. The number of aromatic nitrogens is 1. The average molecular weight is 302 g/mol. The Labute approximate surface area is 129 Å². The zero-order valence-corrected chi connectivity index (χ0v) is 13.0. The van der Waals surface area contributed by atoms with Gasteiger partial charge < -0.3 is 9.88 Å². The molecule has 118 valence electrons. The van der Waals surface area contributed by atoms with E-state index in [1.54, 1.807) is 11.9 Å². The fourth-order valence-corrected chi connectivity index (χ4v) is 3.60. The summed E-state index contributed by atoms with van der Waals surface area (Å²) in [7, 11) is 1.74. The number of hydrogen-bond acceptors (Lipinski definition) is 3. The smallest absolute Gasteiger partial charge is 0.261 e. The lowest BCUT2D eigenvalue weighted by atomic mass is 9.93. The summed E-state index contributed by atoms with van der Waals surface area (Å²) in [4.78, 5) is 41.0. The number of carbonyl (C=O) groups is 2. The van der Waals surface area contributed by atoms with Gasteiger partial charge in [0.25, 0.3) is 11.5 Å². The number of hydrogen-bond donors (Lipinski definition) is 1. The van der Waals surface area contributed by atoms with Gasteiger partial charge in [-0.3, -0.25) is 14.4 Å². The number of carbonyl (C=O) groups excluding carboxylic acids is 2. The topological polar surface area (TPSA) is 70.2 Å². The van der Waals surface area contributed by atoms with Crippen molar-refractivity contribution in [2.24, 2.45) is 5.92 Å². The van der Waals surface area contributed by atoms with Gasteiger partial charge in [-0.25, -0.2) is 0 Å². The molecule has 0 atom stereocenters. The van der Waals surface area contributed by atoms with Gasteiger partial charge in [0.2, 0.25) is 0 Å². The Morgan fingerprint density at radius 1 is 1.23 bits per heavy atom. The van der Waals surface area contributed by atoms with Gasteiger partial charge in [0.05, 0.1) is 0 Å². The molecule has 1 heterocycles. The Balaban J connectivity index is 1.84. The maximum Gasteiger partial charge on any atom is 0.261 e. The summed E-state index contributed by atoms with van der Waals surface area (Å²) in [6.45, 7) is 0.684. The molecule has 1 aromatic rings. The third kappa shape index (κ3) is 2.85. The van der Waals surface area contributed by atoms with Gasteiger partial charge in [0.1, 0.15) is 5.56 Å². The predicted molar refractivity (Wildman–Crippen MR) is 83.2 cm³/mol. The van der Waals surface area contributed by atoms with Crippen LogP contribution in [0.1, 0.15) is 64.9 Å². The third-order valence-corrected chi connectivity index (χ3v) is 4.84. The summed E-state index contributed by atoms with van der Waals surface area (Å²) in [5.41, 5.74) is 0.908. The number of aryl methyl sites for hydroxylation is 1. The average Bonchev–Trinajstić information content (AvgIpc) is 2.99. The highest BCUT2D eigenvalue weighted by Gasteiger charge is 2.25. The summed E-state index contributed by atoms with van der Waals surface area (Å²) in [6.07, 6.45) is 6.69. The van der Waals surface area contributed by atoms with Crippen LogP contribution < -0.4 is 5.56 Å². The van der Waals surface area contributed by atoms with Crippen molar-refractivity contribution >= 4 is 11.7 Å². The van der Waals surface area contributed by atoms with Crippen LogP contribution in [0.25, 0.3) is 0 Å². The zero-order valence-electron chi connectivity index (χ0n) is 13.0. The highest BCUT2D eigenvalue weighted by Crippen LogP contribution is 2.25. The van der Waals surface area contributed by atoms with E-state index in [0.29, 0.717) is 36.6 Å². The molecule has 0 radical (unpaired) electrons. The highest BCUT2D eigenvalue weighted by molar-refractivity contribution is 6.01. The predicted octanol–water partition coefficient (Wildman–Crippen LogP) is 2.16. The van der Waals surface area contributed by atoms with E-state index in [1.165, 1.54) is 18.9 Å². The van der Waals surface area contributed by atoms with Crippen molar-refractivity contribution in [3.8, 4) is 0 Å². The SMILES string of the molecule is CN(CC1CCCC1)C(=O)c1cc2c([nH]c1=O)CCCC2=O. The molecule has 5 heteroatoms. The van der Waals surface area contributed by atoms with Crippen LogP contribution >= 0.6 is 0 Å². The van der Waals surface area contributed by atoms with Crippen LogP contribution in [0.4, 0.5) is 0 Å². The van der Waals surface area contributed by atoms with Crippen LogP contribution in [0.3, 0.4) is 0 Å². The molecule has 3 rings (SSSR count).